The van der Waals surface area contributed by atoms with Crippen molar-refractivity contribution in [3.63, 3.8) is 0 Å². The van der Waals surface area contributed by atoms with Crippen LogP contribution in [0, 0.1) is 11.3 Å². The van der Waals surface area contributed by atoms with Crippen LogP contribution in [0.3, 0.4) is 0 Å². The lowest BCUT2D eigenvalue weighted by Gasteiger charge is -2.21. The standard InChI is InChI=1S/C18H22N2O3/c1-14(15-7-3-2-4-8-15)11-17(22)23-12-16(21)20-18(13-19)9-5-6-10-18/h2-4,7-8,14H,5-6,9-12H2,1H3,(H,20,21)/t14-/m1/s1. The average molecular weight is 314 g/mol. The maximum absolute atomic E-state index is 11.9. The van der Waals surface area contributed by atoms with Crippen LogP contribution < -0.4 is 5.32 Å². The highest BCUT2D eigenvalue weighted by molar-refractivity contribution is 5.81. The zero-order valence-corrected chi connectivity index (χ0v) is 13.4. The number of hydrogen-bond donors (Lipinski definition) is 1. The van der Waals surface area contributed by atoms with Gasteiger partial charge in [0.2, 0.25) is 0 Å². The molecule has 1 aromatic carbocycles. The van der Waals surface area contributed by atoms with E-state index in [4.69, 9.17) is 4.74 Å². The van der Waals surface area contributed by atoms with E-state index in [1.165, 1.54) is 0 Å². The third kappa shape index (κ3) is 4.82. The van der Waals surface area contributed by atoms with Gasteiger partial charge in [0.05, 0.1) is 12.5 Å². The second-order valence-electron chi connectivity index (χ2n) is 6.13. The molecule has 0 unspecified atom stereocenters. The Morgan fingerprint density at radius 1 is 1.30 bits per heavy atom. The predicted octanol–water partition coefficient (Wildman–Crippen LogP) is 2.68. The monoisotopic (exact) mass is 314 g/mol. The SMILES string of the molecule is C[C@H](CC(=O)OCC(=O)NC1(C#N)CCCC1)c1ccccc1. The van der Waals surface area contributed by atoms with Crippen molar-refractivity contribution >= 4 is 11.9 Å². The molecule has 1 amide bonds. The summed E-state index contributed by atoms with van der Waals surface area (Å²) in [5.74, 6) is -0.782. The minimum atomic E-state index is -0.777. The molecule has 0 saturated heterocycles. The Labute approximate surface area is 136 Å². The van der Waals surface area contributed by atoms with Gasteiger partial charge in [-0.2, -0.15) is 5.26 Å². The highest BCUT2D eigenvalue weighted by atomic mass is 16.5. The van der Waals surface area contributed by atoms with Crippen molar-refractivity contribution in [3.8, 4) is 6.07 Å². The second kappa shape index (κ2) is 7.77. The van der Waals surface area contributed by atoms with Crippen LogP contribution in [-0.2, 0) is 14.3 Å². The Morgan fingerprint density at radius 2 is 1.96 bits per heavy atom. The van der Waals surface area contributed by atoms with Gasteiger partial charge in [0.15, 0.2) is 6.61 Å². The van der Waals surface area contributed by atoms with Crippen LogP contribution in [0.15, 0.2) is 30.3 Å². The molecule has 1 aliphatic rings. The van der Waals surface area contributed by atoms with Crippen LogP contribution in [0.25, 0.3) is 0 Å². The number of carbonyl (C=O) groups is 2. The molecule has 1 atom stereocenters. The number of carbonyl (C=O) groups excluding carboxylic acids is 2. The van der Waals surface area contributed by atoms with Crippen molar-refractivity contribution in [2.45, 2.75) is 50.5 Å². The first-order valence-electron chi connectivity index (χ1n) is 7.97. The lowest BCUT2D eigenvalue weighted by atomic mass is 9.98. The molecule has 1 aromatic rings. The van der Waals surface area contributed by atoms with Crippen molar-refractivity contribution in [3.05, 3.63) is 35.9 Å². The number of hydrogen-bond acceptors (Lipinski definition) is 4. The summed E-state index contributed by atoms with van der Waals surface area (Å²) in [7, 11) is 0. The van der Waals surface area contributed by atoms with Crippen LogP contribution in [0.5, 0.6) is 0 Å². The fraction of sp³-hybridized carbons (Fsp3) is 0.500. The summed E-state index contributed by atoms with van der Waals surface area (Å²) in [6.07, 6.45) is 3.41. The number of nitriles is 1. The second-order valence-corrected chi connectivity index (χ2v) is 6.13. The lowest BCUT2D eigenvalue weighted by Crippen LogP contribution is -2.46. The normalized spacial score (nSPS) is 17.0. The van der Waals surface area contributed by atoms with Gasteiger partial charge in [-0.3, -0.25) is 9.59 Å². The number of nitrogens with zero attached hydrogens (tertiary/aromatic N) is 1. The molecule has 122 valence electrons. The zero-order chi connectivity index (χ0) is 16.7. The summed E-state index contributed by atoms with van der Waals surface area (Å²) in [6.45, 7) is 1.61. The zero-order valence-electron chi connectivity index (χ0n) is 13.4. The van der Waals surface area contributed by atoms with E-state index in [2.05, 4.69) is 11.4 Å². The Bertz CT molecular complexity index is 586. The predicted molar refractivity (Wildman–Crippen MR) is 85.4 cm³/mol. The molecule has 5 nitrogen and oxygen atoms in total. The summed E-state index contributed by atoms with van der Waals surface area (Å²) in [5, 5.41) is 11.9. The molecule has 0 aromatic heterocycles. The lowest BCUT2D eigenvalue weighted by molar-refractivity contribution is -0.149. The maximum atomic E-state index is 11.9. The number of rotatable bonds is 6. The molecular weight excluding hydrogens is 292 g/mol. The van der Waals surface area contributed by atoms with Crippen LogP contribution in [0.2, 0.25) is 0 Å². The molecule has 1 saturated carbocycles. The number of esters is 1. The summed E-state index contributed by atoms with van der Waals surface area (Å²) >= 11 is 0. The minimum Gasteiger partial charge on any atom is -0.456 e. The van der Waals surface area contributed by atoms with Crippen LogP contribution >= 0.6 is 0 Å². The van der Waals surface area contributed by atoms with Gasteiger partial charge in [-0.25, -0.2) is 0 Å². The molecule has 2 rings (SSSR count). The van der Waals surface area contributed by atoms with Crippen molar-refractivity contribution in [2.75, 3.05) is 6.61 Å². The molecule has 0 aliphatic heterocycles. The first-order valence-corrected chi connectivity index (χ1v) is 7.97. The first kappa shape index (κ1) is 17.0. The van der Waals surface area contributed by atoms with Gasteiger partial charge >= 0.3 is 5.97 Å². The van der Waals surface area contributed by atoms with Gasteiger partial charge in [-0.1, -0.05) is 37.3 Å². The van der Waals surface area contributed by atoms with Crippen molar-refractivity contribution in [1.82, 2.24) is 5.32 Å². The van der Waals surface area contributed by atoms with E-state index in [0.717, 1.165) is 18.4 Å². The van der Waals surface area contributed by atoms with Crippen molar-refractivity contribution in [2.24, 2.45) is 0 Å². The maximum Gasteiger partial charge on any atom is 0.306 e. The third-order valence-corrected chi connectivity index (χ3v) is 4.26. The Balaban J connectivity index is 1.76. The molecule has 0 bridgehead atoms. The van der Waals surface area contributed by atoms with Gasteiger partial charge in [0.1, 0.15) is 5.54 Å². The topological polar surface area (TPSA) is 79.2 Å². The van der Waals surface area contributed by atoms with Crippen LogP contribution in [-0.4, -0.2) is 24.0 Å². The molecule has 23 heavy (non-hydrogen) atoms. The van der Waals surface area contributed by atoms with E-state index in [9.17, 15) is 14.9 Å². The summed E-state index contributed by atoms with van der Waals surface area (Å²) in [6, 6.07) is 11.9. The number of ether oxygens (including phenoxy) is 1. The fourth-order valence-corrected chi connectivity index (χ4v) is 2.90. The van der Waals surface area contributed by atoms with E-state index in [1.54, 1.807) is 0 Å². The van der Waals surface area contributed by atoms with Gasteiger partial charge < -0.3 is 10.1 Å². The van der Waals surface area contributed by atoms with E-state index >= 15 is 0 Å². The summed E-state index contributed by atoms with van der Waals surface area (Å²) in [4.78, 5) is 23.7. The highest BCUT2D eigenvalue weighted by Gasteiger charge is 2.35. The van der Waals surface area contributed by atoms with Gasteiger partial charge in [-0.15, -0.1) is 0 Å². The number of nitrogens with one attached hydrogen (secondary N) is 1. The molecular formula is C18H22N2O3. The molecule has 0 spiro atoms. The van der Waals surface area contributed by atoms with E-state index in [-0.39, 0.29) is 18.9 Å². The molecule has 0 radical (unpaired) electrons. The molecule has 1 N–H and O–H groups in total. The summed E-state index contributed by atoms with van der Waals surface area (Å²) < 4.78 is 5.04. The van der Waals surface area contributed by atoms with Crippen molar-refractivity contribution in [1.29, 1.82) is 5.26 Å². The van der Waals surface area contributed by atoms with Crippen LogP contribution in [0.1, 0.15) is 50.5 Å². The summed E-state index contributed by atoms with van der Waals surface area (Å²) in [5.41, 5.74) is 0.282. The van der Waals surface area contributed by atoms with Gasteiger partial charge in [0.25, 0.3) is 5.91 Å². The van der Waals surface area contributed by atoms with E-state index < -0.39 is 17.4 Å². The number of amides is 1. The first-order chi connectivity index (χ1) is 11.0. The Morgan fingerprint density at radius 3 is 2.57 bits per heavy atom. The average Bonchev–Trinajstić information content (AvgIpc) is 3.03. The molecule has 1 aliphatic carbocycles. The Kier molecular flexibility index (Phi) is 5.75. The van der Waals surface area contributed by atoms with E-state index in [0.29, 0.717) is 12.8 Å². The largest absolute Gasteiger partial charge is 0.456 e. The Hall–Kier alpha value is -2.35. The van der Waals surface area contributed by atoms with Gasteiger partial charge in [-0.05, 0) is 37.2 Å². The van der Waals surface area contributed by atoms with E-state index in [1.807, 2.05) is 37.3 Å². The van der Waals surface area contributed by atoms with Gasteiger partial charge in [0, 0.05) is 0 Å². The fourth-order valence-electron chi connectivity index (χ4n) is 2.90. The highest BCUT2D eigenvalue weighted by Crippen LogP contribution is 2.28. The molecule has 1 fully saturated rings. The minimum absolute atomic E-state index is 0.0343. The quantitative estimate of drug-likeness (QED) is 0.819. The van der Waals surface area contributed by atoms with Crippen molar-refractivity contribution < 1.29 is 14.3 Å². The molecule has 0 heterocycles. The van der Waals surface area contributed by atoms with Crippen LogP contribution in [0.4, 0.5) is 0 Å². The number of benzene rings is 1. The molecule has 5 heteroatoms. The third-order valence-electron chi connectivity index (χ3n) is 4.26. The smallest absolute Gasteiger partial charge is 0.306 e.